The summed E-state index contributed by atoms with van der Waals surface area (Å²) in [6.07, 6.45) is 0. The van der Waals surface area contributed by atoms with Crippen LogP contribution in [0.25, 0.3) is 0 Å². The Morgan fingerprint density at radius 1 is 1.19 bits per heavy atom. The number of azo groups is 1. The Kier molecular flexibility index (Phi) is 2.68. The first-order valence-corrected chi connectivity index (χ1v) is 4.82. The smallest absolute Gasteiger partial charge is 0.334 e. The summed E-state index contributed by atoms with van der Waals surface area (Å²) in [5.74, 6) is 0. The van der Waals surface area contributed by atoms with E-state index in [0.717, 1.165) is 0 Å². The molecule has 0 unspecified atom stereocenters. The van der Waals surface area contributed by atoms with Gasteiger partial charge in [-0.05, 0) is 19.1 Å². The third-order valence-corrected chi connectivity index (χ3v) is 2.25. The van der Waals surface area contributed by atoms with Crippen LogP contribution in [0.15, 0.2) is 49.9 Å². The molecule has 1 heterocycles. The molecule has 2 rings (SSSR count). The first-order chi connectivity index (χ1) is 7.68. The molecular formula is C11H11N3O2. The van der Waals surface area contributed by atoms with Crippen molar-refractivity contribution in [2.45, 2.75) is 6.92 Å². The number of benzene rings is 1. The van der Waals surface area contributed by atoms with Crippen molar-refractivity contribution in [2.24, 2.45) is 17.3 Å². The van der Waals surface area contributed by atoms with E-state index in [1.807, 2.05) is 30.3 Å². The SMILES string of the molecule is Cc1c(N=Nc2ccccc2)c(=O)on1C. The van der Waals surface area contributed by atoms with Crippen molar-refractivity contribution in [2.75, 3.05) is 0 Å². The van der Waals surface area contributed by atoms with Crippen LogP contribution in [0.5, 0.6) is 0 Å². The lowest BCUT2D eigenvalue weighted by Gasteiger charge is -1.91. The fourth-order valence-electron chi connectivity index (χ4n) is 1.25. The molecule has 0 spiro atoms. The molecule has 0 saturated heterocycles. The summed E-state index contributed by atoms with van der Waals surface area (Å²) in [4.78, 5) is 11.3. The standard InChI is InChI=1S/C11H11N3O2/c1-8-10(11(15)16-14(8)2)13-12-9-6-4-3-5-7-9/h3-7H,1-2H3. The van der Waals surface area contributed by atoms with Gasteiger partial charge in [0.05, 0.1) is 11.4 Å². The lowest BCUT2D eigenvalue weighted by atomic mass is 10.3. The van der Waals surface area contributed by atoms with Gasteiger partial charge in [-0.3, -0.25) is 0 Å². The fraction of sp³-hybridized carbons (Fsp3) is 0.182. The quantitative estimate of drug-likeness (QED) is 0.726. The summed E-state index contributed by atoms with van der Waals surface area (Å²) < 4.78 is 6.22. The summed E-state index contributed by atoms with van der Waals surface area (Å²) in [5, 5.41) is 7.86. The van der Waals surface area contributed by atoms with Crippen molar-refractivity contribution in [3.63, 3.8) is 0 Å². The van der Waals surface area contributed by atoms with Gasteiger partial charge in [-0.1, -0.05) is 18.2 Å². The molecule has 5 heteroatoms. The number of aryl methyl sites for hydroxylation is 1. The molecule has 0 fully saturated rings. The highest BCUT2D eigenvalue weighted by Crippen LogP contribution is 2.17. The Bertz CT molecular complexity index is 567. The predicted octanol–water partition coefficient (Wildman–Crippen LogP) is 2.70. The number of aromatic nitrogens is 1. The van der Waals surface area contributed by atoms with Crippen LogP contribution in [0.4, 0.5) is 11.4 Å². The van der Waals surface area contributed by atoms with Gasteiger partial charge in [0.15, 0.2) is 5.69 Å². The molecule has 0 amide bonds. The van der Waals surface area contributed by atoms with Crippen LogP contribution >= 0.6 is 0 Å². The molecule has 0 N–H and O–H groups in total. The van der Waals surface area contributed by atoms with Gasteiger partial charge >= 0.3 is 5.63 Å². The second-order valence-electron chi connectivity index (χ2n) is 3.35. The molecule has 5 nitrogen and oxygen atoms in total. The molecule has 82 valence electrons. The molecule has 1 aromatic carbocycles. The monoisotopic (exact) mass is 217 g/mol. The van der Waals surface area contributed by atoms with Crippen LogP contribution in [-0.4, -0.2) is 4.74 Å². The first kappa shape index (κ1) is 10.4. The molecule has 0 aliphatic carbocycles. The van der Waals surface area contributed by atoms with E-state index in [4.69, 9.17) is 4.52 Å². The minimum atomic E-state index is -0.473. The van der Waals surface area contributed by atoms with Crippen LogP contribution in [0.3, 0.4) is 0 Å². The summed E-state index contributed by atoms with van der Waals surface area (Å²) in [6.45, 7) is 1.75. The highest BCUT2D eigenvalue weighted by atomic mass is 16.5. The molecule has 0 bridgehead atoms. The number of hydrogen-bond acceptors (Lipinski definition) is 4. The molecule has 2 aromatic rings. The zero-order valence-corrected chi connectivity index (χ0v) is 9.04. The van der Waals surface area contributed by atoms with Crippen molar-refractivity contribution < 1.29 is 4.52 Å². The van der Waals surface area contributed by atoms with Crippen molar-refractivity contribution >= 4 is 11.4 Å². The fourth-order valence-corrected chi connectivity index (χ4v) is 1.25. The van der Waals surface area contributed by atoms with Gasteiger partial charge in [0.25, 0.3) is 0 Å². The Labute approximate surface area is 92.0 Å². The molecule has 0 aliphatic rings. The largest absolute Gasteiger partial charge is 0.385 e. The van der Waals surface area contributed by atoms with Crippen molar-refractivity contribution in [1.82, 2.24) is 4.74 Å². The van der Waals surface area contributed by atoms with Gasteiger partial charge in [-0.15, -0.1) is 5.11 Å². The molecule has 0 atom stereocenters. The van der Waals surface area contributed by atoms with E-state index in [-0.39, 0.29) is 5.69 Å². The van der Waals surface area contributed by atoms with Gasteiger partial charge in [0, 0.05) is 7.05 Å². The number of hydrogen-bond donors (Lipinski definition) is 0. The van der Waals surface area contributed by atoms with Gasteiger partial charge < -0.3 is 4.52 Å². The second-order valence-corrected chi connectivity index (χ2v) is 3.35. The van der Waals surface area contributed by atoms with Crippen LogP contribution in [0.1, 0.15) is 5.69 Å². The lowest BCUT2D eigenvalue weighted by Crippen LogP contribution is -1.90. The van der Waals surface area contributed by atoms with E-state index >= 15 is 0 Å². The third-order valence-electron chi connectivity index (χ3n) is 2.25. The van der Waals surface area contributed by atoms with Crippen LogP contribution in [0, 0.1) is 6.92 Å². The van der Waals surface area contributed by atoms with E-state index in [1.54, 1.807) is 14.0 Å². The molecule has 0 aliphatic heterocycles. The van der Waals surface area contributed by atoms with E-state index in [1.165, 1.54) is 4.74 Å². The maximum atomic E-state index is 11.3. The zero-order valence-electron chi connectivity index (χ0n) is 9.04. The Hall–Kier alpha value is -2.17. The molecule has 16 heavy (non-hydrogen) atoms. The number of nitrogens with zero attached hydrogens (tertiary/aromatic N) is 3. The summed E-state index contributed by atoms with van der Waals surface area (Å²) in [6, 6.07) is 9.22. The third kappa shape index (κ3) is 1.93. The van der Waals surface area contributed by atoms with Crippen molar-refractivity contribution in [1.29, 1.82) is 0 Å². The molecule has 1 aromatic heterocycles. The summed E-state index contributed by atoms with van der Waals surface area (Å²) >= 11 is 0. The molecule has 0 radical (unpaired) electrons. The summed E-state index contributed by atoms with van der Waals surface area (Å²) in [7, 11) is 1.65. The molecular weight excluding hydrogens is 206 g/mol. The topological polar surface area (TPSA) is 59.9 Å². The predicted molar refractivity (Wildman–Crippen MR) is 59.3 cm³/mol. The van der Waals surface area contributed by atoms with Crippen molar-refractivity contribution in [3.05, 3.63) is 46.4 Å². The van der Waals surface area contributed by atoms with Gasteiger partial charge in [0.2, 0.25) is 0 Å². The van der Waals surface area contributed by atoms with Gasteiger partial charge in [-0.2, -0.15) is 5.11 Å². The van der Waals surface area contributed by atoms with Gasteiger partial charge in [-0.25, -0.2) is 9.53 Å². The average Bonchev–Trinajstić information content (AvgIpc) is 2.53. The number of rotatable bonds is 2. The minimum Gasteiger partial charge on any atom is -0.334 e. The van der Waals surface area contributed by atoms with E-state index < -0.39 is 5.63 Å². The van der Waals surface area contributed by atoms with Crippen LogP contribution in [-0.2, 0) is 7.05 Å². The van der Waals surface area contributed by atoms with Crippen molar-refractivity contribution in [3.8, 4) is 0 Å². The summed E-state index contributed by atoms with van der Waals surface area (Å²) in [5.41, 5.74) is 1.13. The minimum absolute atomic E-state index is 0.242. The Morgan fingerprint density at radius 2 is 1.88 bits per heavy atom. The maximum Gasteiger partial charge on any atom is 0.385 e. The average molecular weight is 217 g/mol. The van der Waals surface area contributed by atoms with Crippen LogP contribution in [0.2, 0.25) is 0 Å². The van der Waals surface area contributed by atoms with Gasteiger partial charge in [0.1, 0.15) is 0 Å². The van der Waals surface area contributed by atoms with E-state index in [0.29, 0.717) is 11.4 Å². The lowest BCUT2D eigenvalue weighted by molar-refractivity contribution is 0.280. The highest BCUT2D eigenvalue weighted by Gasteiger charge is 2.09. The Morgan fingerprint density at radius 3 is 2.44 bits per heavy atom. The second kappa shape index (κ2) is 4.14. The van der Waals surface area contributed by atoms with E-state index in [2.05, 4.69) is 10.2 Å². The highest BCUT2D eigenvalue weighted by molar-refractivity contribution is 5.40. The van der Waals surface area contributed by atoms with Crippen LogP contribution < -0.4 is 5.63 Å². The zero-order chi connectivity index (χ0) is 11.5. The normalized spacial score (nSPS) is 11.1. The first-order valence-electron chi connectivity index (χ1n) is 4.82. The van der Waals surface area contributed by atoms with E-state index in [9.17, 15) is 4.79 Å². The Balaban J connectivity index is 2.35. The molecule has 0 saturated carbocycles. The maximum absolute atomic E-state index is 11.3.